The average Bonchev–Trinajstić information content (AvgIpc) is 2.47. The predicted octanol–water partition coefficient (Wildman–Crippen LogP) is 2.68. The van der Waals surface area contributed by atoms with Crippen LogP contribution in [0.3, 0.4) is 0 Å². The third-order valence-corrected chi connectivity index (χ3v) is 3.20. The number of halogens is 1. The van der Waals surface area contributed by atoms with Crippen molar-refractivity contribution in [2.24, 2.45) is 0 Å². The summed E-state index contributed by atoms with van der Waals surface area (Å²) in [5.41, 5.74) is 0.983. The number of nitrogens with one attached hydrogen (secondary N) is 1. The molecule has 0 saturated heterocycles. The molecule has 0 aliphatic rings. The molecule has 2 rings (SSSR count). The summed E-state index contributed by atoms with van der Waals surface area (Å²) < 4.78 is 0. The number of aromatic nitrogens is 1. The van der Waals surface area contributed by atoms with Gasteiger partial charge in [0.2, 0.25) is 0 Å². The molecule has 1 aromatic heterocycles. The maximum absolute atomic E-state index is 12.2. The van der Waals surface area contributed by atoms with Gasteiger partial charge in [0.05, 0.1) is 23.0 Å². The lowest BCUT2D eigenvalue weighted by Crippen LogP contribution is -2.30. The first-order chi connectivity index (χ1) is 10.1. The number of carboxylic acids is 1. The molecule has 1 amide bonds. The van der Waals surface area contributed by atoms with E-state index >= 15 is 0 Å². The van der Waals surface area contributed by atoms with Crippen molar-refractivity contribution in [3.05, 3.63) is 64.9 Å². The molecular formula is C15H13ClN2O3. The fourth-order valence-electron chi connectivity index (χ4n) is 1.91. The molecule has 6 heteroatoms. The maximum Gasteiger partial charge on any atom is 0.305 e. The summed E-state index contributed by atoms with van der Waals surface area (Å²) in [5, 5.41) is 11.9. The van der Waals surface area contributed by atoms with E-state index in [1.54, 1.807) is 24.3 Å². The van der Waals surface area contributed by atoms with Gasteiger partial charge in [0, 0.05) is 12.4 Å². The Hall–Kier alpha value is -2.40. The molecule has 5 nitrogen and oxygen atoms in total. The molecular weight excluding hydrogens is 292 g/mol. The number of hydrogen-bond donors (Lipinski definition) is 2. The van der Waals surface area contributed by atoms with E-state index in [1.165, 1.54) is 18.5 Å². The van der Waals surface area contributed by atoms with Crippen LogP contribution in [-0.4, -0.2) is 22.0 Å². The van der Waals surface area contributed by atoms with Gasteiger partial charge in [-0.05, 0) is 11.6 Å². The Kier molecular flexibility index (Phi) is 4.90. The standard InChI is InChI=1S/C15H13ClN2O3/c16-12-9-17-7-6-11(12)15(21)18-13(8-14(19)20)10-4-2-1-3-5-10/h1-7,9,13H,8H2,(H,18,21)(H,19,20). The average molecular weight is 305 g/mol. The van der Waals surface area contributed by atoms with Crippen LogP contribution in [0.2, 0.25) is 5.02 Å². The second kappa shape index (κ2) is 6.85. The summed E-state index contributed by atoms with van der Waals surface area (Å²) in [6.45, 7) is 0. The highest BCUT2D eigenvalue weighted by atomic mass is 35.5. The number of nitrogens with zero attached hydrogens (tertiary/aromatic N) is 1. The third kappa shape index (κ3) is 4.03. The molecule has 0 aliphatic carbocycles. The van der Waals surface area contributed by atoms with Crippen LogP contribution < -0.4 is 5.32 Å². The van der Waals surface area contributed by atoms with Gasteiger partial charge in [0.25, 0.3) is 5.91 Å². The number of pyridine rings is 1. The van der Waals surface area contributed by atoms with Gasteiger partial charge in [-0.3, -0.25) is 14.6 Å². The van der Waals surface area contributed by atoms with Crippen LogP contribution in [0.15, 0.2) is 48.8 Å². The summed E-state index contributed by atoms with van der Waals surface area (Å²) in [7, 11) is 0. The Bertz CT molecular complexity index is 646. The van der Waals surface area contributed by atoms with E-state index in [1.807, 2.05) is 6.07 Å². The molecule has 0 fully saturated rings. The summed E-state index contributed by atoms with van der Waals surface area (Å²) in [6, 6.07) is 9.79. The van der Waals surface area contributed by atoms with Crippen LogP contribution in [0.4, 0.5) is 0 Å². The second-order valence-electron chi connectivity index (χ2n) is 4.39. The number of rotatable bonds is 5. The lowest BCUT2D eigenvalue weighted by Gasteiger charge is -2.17. The van der Waals surface area contributed by atoms with E-state index in [0.717, 1.165) is 5.56 Å². The number of benzene rings is 1. The molecule has 1 atom stereocenters. The van der Waals surface area contributed by atoms with Gasteiger partial charge in [-0.2, -0.15) is 0 Å². The fraction of sp³-hybridized carbons (Fsp3) is 0.133. The molecule has 0 spiro atoms. The number of hydrogen-bond acceptors (Lipinski definition) is 3. The molecule has 0 aliphatic heterocycles. The fourth-order valence-corrected chi connectivity index (χ4v) is 2.11. The molecule has 0 bridgehead atoms. The van der Waals surface area contributed by atoms with E-state index in [9.17, 15) is 9.59 Å². The van der Waals surface area contributed by atoms with E-state index in [-0.39, 0.29) is 17.0 Å². The minimum Gasteiger partial charge on any atom is -0.481 e. The first-order valence-corrected chi connectivity index (χ1v) is 6.63. The highest BCUT2D eigenvalue weighted by Gasteiger charge is 2.19. The van der Waals surface area contributed by atoms with Crippen LogP contribution in [0.1, 0.15) is 28.4 Å². The topological polar surface area (TPSA) is 79.3 Å². The largest absolute Gasteiger partial charge is 0.481 e. The number of carboxylic acid groups (broad SMARTS) is 1. The zero-order chi connectivity index (χ0) is 15.2. The monoisotopic (exact) mass is 304 g/mol. The number of aliphatic carboxylic acids is 1. The summed E-state index contributed by atoms with van der Waals surface area (Å²) in [6.07, 6.45) is 2.61. The summed E-state index contributed by atoms with van der Waals surface area (Å²) in [5.74, 6) is -1.43. The number of amides is 1. The Balaban J connectivity index is 2.21. The van der Waals surface area contributed by atoms with Crippen molar-refractivity contribution in [3.63, 3.8) is 0 Å². The molecule has 2 aromatic rings. The quantitative estimate of drug-likeness (QED) is 0.890. The summed E-state index contributed by atoms with van der Waals surface area (Å²) >= 11 is 5.91. The Labute approximate surface area is 126 Å². The second-order valence-corrected chi connectivity index (χ2v) is 4.80. The van der Waals surface area contributed by atoms with Crippen molar-refractivity contribution < 1.29 is 14.7 Å². The molecule has 2 N–H and O–H groups in total. The lowest BCUT2D eigenvalue weighted by atomic mass is 10.0. The smallest absolute Gasteiger partial charge is 0.305 e. The van der Waals surface area contributed by atoms with Gasteiger partial charge >= 0.3 is 5.97 Å². The van der Waals surface area contributed by atoms with Gasteiger partial charge in [-0.1, -0.05) is 41.9 Å². The Morgan fingerprint density at radius 3 is 2.57 bits per heavy atom. The molecule has 21 heavy (non-hydrogen) atoms. The highest BCUT2D eigenvalue weighted by molar-refractivity contribution is 6.33. The molecule has 0 radical (unpaired) electrons. The van der Waals surface area contributed by atoms with Crippen molar-refractivity contribution in [1.29, 1.82) is 0 Å². The molecule has 108 valence electrons. The normalized spacial score (nSPS) is 11.7. The predicted molar refractivity (Wildman–Crippen MR) is 78.1 cm³/mol. The van der Waals surface area contributed by atoms with Crippen molar-refractivity contribution >= 4 is 23.5 Å². The lowest BCUT2D eigenvalue weighted by molar-refractivity contribution is -0.137. The zero-order valence-electron chi connectivity index (χ0n) is 11.0. The highest BCUT2D eigenvalue weighted by Crippen LogP contribution is 2.19. The SMILES string of the molecule is O=C(O)CC(NC(=O)c1ccncc1Cl)c1ccccc1. The number of carbonyl (C=O) groups excluding carboxylic acids is 1. The molecule has 1 aromatic carbocycles. The zero-order valence-corrected chi connectivity index (χ0v) is 11.7. The number of carbonyl (C=O) groups is 2. The minimum absolute atomic E-state index is 0.210. The minimum atomic E-state index is -0.995. The third-order valence-electron chi connectivity index (χ3n) is 2.90. The van der Waals surface area contributed by atoms with Crippen LogP contribution in [0, 0.1) is 0 Å². The van der Waals surface area contributed by atoms with Crippen molar-refractivity contribution in [1.82, 2.24) is 10.3 Å². The van der Waals surface area contributed by atoms with Crippen LogP contribution in [0.5, 0.6) is 0 Å². The van der Waals surface area contributed by atoms with Crippen LogP contribution in [-0.2, 0) is 4.79 Å². The molecule has 1 unspecified atom stereocenters. The molecule has 1 heterocycles. The summed E-state index contributed by atoms with van der Waals surface area (Å²) in [4.78, 5) is 27.0. The maximum atomic E-state index is 12.2. The van der Waals surface area contributed by atoms with Crippen molar-refractivity contribution in [2.45, 2.75) is 12.5 Å². The van der Waals surface area contributed by atoms with Gasteiger partial charge in [0.1, 0.15) is 0 Å². The van der Waals surface area contributed by atoms with Gasteiger partial charge in [0.15, 0.2) is 0 Å². The van der Waals surface area contributed by atoms with Crippen molar-refractivity contribution in [2.75, 3.05) is 0 Å². The molecule has 0 saturated carbocycles. The van der Waals surface area contributed by atoms with E-state index in [0.29, 0.717) is 0 Å². The van der Waals surface area contributed by atoms with E-state index in [2.05, 4.69) is 10.3 Å². The Morgan fingerprint density at radius 1 is 1.24 bits per heavy atom. The Morgan fingerprint density at radius 2 is 1.95 bits per heavy atom. The first-order valence-electron chi connectivity index (χ1n) is 6.25. The van der Waals surface area contributed by atoms with Crippen molar-refractivity contribution in [3.8, 4) is 0 Å². The van der Waals surface area contributed by atoms with Crippen LogP contribution >= 0.6 is 11.6 Å². The van der Waals surface area contributed by atoms with Gasteiger partial charge in [-0.25, -0.2) is 0 Å². The van der Waals surface area contributed by atoms with Crippen LogP contribution in [0.25, 0.3) is 0 Å². The van der Waals surface area contributed by atoms with E-state index < -0.39 is 17.9 Å². The van der Waals surface area contributed by atoms with Gasteiger partial charge in [-0.15, -0.1) is 0 Å². The van der Waals surface area contributed by atoms with E-state index in [4.69, 9.17) is 16.7 Å². The van der Waals surface area contributed by atoms with Gasteiger partial charge < -0.3 is 10.4 Å². The first kappa shape index (κ1) is 15.0.